The average Bonchev–Trinajstić information content (AvgIpc) is 2.63. The number of halogens is 1. The Morgan fingerprint density at radius 2 is 1.96 bits per heavy atom. The first kappa shape index (κ1) is 17.7. The normalized spacial score (nSPS) is 10.2. The van der Waals surface area contributed by atoms with Crippen LogP contribution in [0.25, 0.3) is 0 Å². The Balaban J connectivity index is 1.80. The standard InChI is InChI=1S/C19H17ClN4O2/c1-2-26-18(25)15-8-3-4-9-16(15)23-17-10-11-21-19(24-17)22-14-7-5-6-13(20)12-14/h3-12H,2H2,1H3,(H2,21,22,23,24). The Morgan fingerprint density at radius 3 is 2.77 bits per heavy atom. The fraction of sp³-hybridized carbons (Fsp3) is 0.105. The molecule has 0 saturated heterocycles. The Labute approximate surface area is 156 Å². The molecule has 3 aromatic rings. The maximum absolute atomic E-state index is 12.1. The van der Waals surface area contributed by atoms with Crippen molar-refractivity contribution in [3.8, 4) is 0 Å². The van der Waals surface area contributed by atoms with E-state index in [1.165, 1.54) is 0 Å². The minimum absolute atomic E-state index is 0.314. The minimum atomic E-state index is -0.387. The molecule has 0 amide bonds. The molecule has 6 nitrogen and oxygen atoms in total. The van der Waals surface area contributed by atoms with Crippen molar-refractivity contribution in [2.24, 2.45) is 0 Å². The fourth-order valence-electron chi connectivity index (χ4n) is 2.30. The number of hydrogen-bond acceptors (Lipinski definition) is 6. The number of carbonyl (C=O) groups is 1. The second-order valence-electron chi connectivity index (χ2n) is 5.29. The van der Waals surface area contributed by atoms with Gasteiger partial charge in [-0.05, 0) is 43.3 Å². The summed E-state index contributed by atoms with van der Waals surface area (Å²) in [5, 5.41) is 6.84. The Hall–Kier alpha value is -3.12. The molecule has 0 fully saturated rings. The highest BCUT2D eigenvalue weighted by atomic mass is 35.5. The molecule has 1 heterocycles. The van der Waals surface area contributed by atoms with Crippen LogP contribution in [0.5, 0.6) is 0 Å². The van der Waals surface area contributed by atoms with E-state index in [1.807, 2.05) is 18.2 Å². The summed E-state index contributed by atoms with van der Waals surface area (Å²) in [6.07, 6.45) is 1.62. The Bertz CT molecular complexity index is 917. The van der Waals surface area contributed by atoms with Crippen LogP contribution in [-0.4, -0.2) is 22.5 Å². The SMILES string of the molecule is CCOC(=O)c1ccccc1Nc1ccnc(Nc2cccc(Cl)c2)n1. The molecule has 0 aliphatic carbocycles. The van der Waals surface area contributed by atoms with E-state index in [4.69, 9.17) is 16.3 Å². The monoisotopic (exact) mass is 368 g/mol. The van der Waals surface area contributed by atoms with Gasteiger partial charge in [0.1, 0.15) is 5.82 Å². The highest BCUT2D eigenvalue weighted by Crippen LogP contribution is 2.22. The maximum atomic E-state index is 12.1. The molecule has 0 bridgehead atoms. The number of nitrogens with zero attached hydrogens (tertiary/aromatic N) is 2. The number of aromatic nitrogens is 2. The highest BCUT2D eigenvalue weighted by molar-refractivity contribution is 6.30. The summed E-state index contributed by atoms with van der Waals surface area (Å²) in [6.45, 7) is 2.08. The van der Waals surface area contributed by atoms with Gasteiger partial charge in [-0.25, -0.2) is 9.78 Å². The van der Waals surface area contributed by atoms with Gasteiger partial charge in [-0.3, -0.25) is 0 Å². The van der Waals surface area contributed by atoms with Crippen molar-refractivity contribution in [3.63, 3.8) is 0 Å². The second kappa shape index (κ2) is 8.31. The quantitative estimate of drug-likeness (QED) is 0.609. The van der Waals surface area contributed by atoms with Crippen molar-refractivity contribution in [3.05, 3.63) is 71.4 Å². The van der Waals surface area contributed by atoms with Gasteiger partial charge >= 0.3 is 5.97 Å². The van der Waals surface area contributed by atoms with Crippen LogP contribution in [0.3, 0.4) is 0 Å². The molecule has 7 heteroatoms. The van der Waals surface area contributed by atoms with Gasteiger partial charge in [0.2, 0.25) is 5.95 Å². The molecule has 0 spiro atoms. The van der Waals surface area contributed by atoms with Gasteiger partial charge in [0.25, 0.3) is 0 Å². The van der Waals surface area contributed by atoms with Gasteiger partial charge in [0, 0.05) is 16.9 Å². The lowest BCUT2D eigenvalue weighted by Crippen LogP contribution is -2.08. The van der Waals surface area contributed by atoms with Crippen LogP contribution in [0.4, 0.5) is 23.1 Å². The molecule has 0 radical (unpaired) electrons. The summed E-state index contributed by atoms with van der Waals surface area (Å²) >= 11 is 5.99. The molecule has 3 rings (SSSR count). The molecule has 2 N–H and O–H groups in total. The number of rotatable bonds is 6. The summed E-state index contributed by atoms with van der Waals surface area (Å²) in [7, 11) is 0. The summed E-state index contributed by atoms with van der Waals surface area (Å²) < 4.78 is 5.08. The molecule has 0 atom stereocenters. The zero-order valence-electron chi connectivity index (χ0n) is 14.1. The number of ether oxygens (including phenoxy) is 1. The van der Waals surface area contributed by atoms with Crippen LogP contribution in [0, 0.1) is 0 Å². The number of esters is 1. The summed E-state index contributed by atoms with van der Waals surface area (Å²) in [6, 6.07) is 16.1. The van der Waals surface area contributed by atoms with Crippen LogP contribution in [0.15, 0.2) is 60.8 Å². The number of benzene rings is 2. The predicted octanol–water partition coefficient (Wildman–Crippen LogP) is 4.79. The summed E-state index contributed by atoms with van der Waals surface area (Å²) in [4.78, 5) is 20.7. The van der Waals surface area contributed by atoms with Crippen LogP contribution in [-0.2, 0) is 4.74 Å². The first-order valence-corrected chi connectivity index (χ1v) is 8.42. The largest absolute Gasteiger partial charge is 0.462 e. The van der Waals surface area contributed by atoms with E-state index in [0.717, 1.165) is 5.69 Å². The second-order valence-corrected chi connectivity index (χ2v) is 5.73. The molecule has 0 unspecified atom stereocenters. The molecule has 1 aromatic heterocycles. The van der Waals surface area contributed by atoms with Crippen molar-refractivity contribution >= 4 is 40.7 Å². The lowest BCUT2D eigenvalue weighted by atomic mass is 10.2. The summed E-state index contributed by atoms with van der Waals surface area (Å²) in [5.41, 5.74) is 1.83. The number of hydrogen-bond donors (Lipinski definition) is 2. The van der Waals surface area contributed by atoms with Crippen LogP contribution >= 0.6 is 11.6 Å². The van der Waals surface area contributed by atoms with Gasteiger partial charge in [0.05, 0.1) is 17.9 Å². The highest BCUT2D eigenvalue weighted by Gasteiger charge is 2.12. The van der Waals surface area contributed by atoms with E-state index < -0.39 is 0 Å². The Morgan fingerprint density at radius 1 is 1.12 bits per heavy atom. The smallest absolute Gasteiger partial charge is 0.340 e. The van der Waals surface area contributed by atoms with Crippen LogP contribution in [0.1, 0.15) is 17.3 Å². The average molecular weight is 369 g/mol. The van der Waals surface area contributed by atoms with Gasteiger partial charge < -0.3 is 15.4 Å². The molecule has 132 valence electrons. The topological polar surface area (TPSA) is 76.1 Å². The van der Waals surface area contributed by atoms with Gasteiger partial charge in [-0.2, -0.15) is 4.98 Å². The lowest BCUT2D eigenvalue weighted by molar-refractivity contribution is 0.0527. The fourth-order valence-corrected chi connectivity index (χ4v) is 2.49. The van der Waals surface area contributed by atoms with Gasteiger partial charge in [-0.1, -0.05) is 29.8 Å². The third-order valence-corrected chi connectivity index (χ3v) is 3.66. The lowest BCUT2D eigenvalue weighted by Gasteiger charge is -2.11. The van der Waals surface area contributed by atoms with E-state index in [9.17, 15) is 4.79 Å². The zero-order valence-corrected chi connectivity index (χ0v) is 14.8. The third kappa shape index (κ3) is 4.49. The van der Waals surface area contributed by atoms with Crippen LogP contribution in [0.2, 0.25) is 5.02 Å². The van der Waals surface area contributed by atoms with E-state index in [-0.39, 0.29) is 5.97 Å². The number of para-hydroxylation sites is 1. The molecule has 2 aromatic carbocycles. The first-order valence-electron chi connectivity index (χ1n) is 8.04. The van der Waals surface area contributed by atoms with Crippen molar-refractivity contribution < 1.29 is 9.53 Å². The van der Waals surface area contributed by atoms with Crippen LogP contribution < -0.4 is 10.6 Å². The Kier molecular flexibility index (Phi) is 5.66. The number of carbonyl (C=O) groups excluding carboxylic acids is 1. The molecule has 0 saturated carbocycles. The molecule has 0 aliphatic rings. The van der Waals surface area contributed by atoms with E-state index >= 15 is 0 Å². The van der Waals surface area contributed by atoms with Crippen molar-refractivity contribution in [1.29, 1.82) is 0 Å². The molecular formula is C19H17ClN4O2. The van der Waals surface area contributed by atoms with E-state index in [0.29, 0.717) is 34.6 Å². The van der Waals surface area contributed by atoms with Gasteiger partial charge in [0.15, 0.2) is 0 Å². The maximum Gasteiger partial charge on any atom is 0.340 e. The number of anilines is 4. The van der Waals surface area contributed by atoms with Crippen molar-refractivity contribution in [2.45, 2.75) is 6.92 Å². The molecule has 0 aliphatic heterocycles. The van der Waals surface area contributed by atoms with Crippen molar-refractivity contribution in [1.82, 2.24) is 9.97 Å². The van der Waals surface area contributed by atoms with E-state index in [2.05, 4.69) is 20.6 Å². The number of nitrogens with one attached hydrogen (secondary N) is 2. The first-order chi connectivity index (χ1) is 12.7. The molecular weight excluding hydrogens is 352 g/mol. The molecule has 26 heavy (non-hydrogen) atoms. The zero-order chi connectivity index (χ0) is 18.4. The summed E-state index contributed by atoms with van der Waals surface area (Å²) in [5.74, 6) is 0.564. The van der Waals surface area contributed by atoms with Crippen molar-refractivity contribution in [2.75, 3.05) is 17.2 Å². The predicted molar refractivity (Wildman–Crippen MR) is 102 cm³/mol. The minimum Gasteiger partial charge on any atom is -0.462 e. The van der Waals surface area contributed by atoms with E-state index in [1.54, 1.807) is 49.5 Å². The van der Waals surface area contributed by atoms with Gasteiger partial charge in [-0.15, -0.1) is 0 Å². The third-order valence-electron chi connectivity index (χ3n) is 3.42.